The molecular weight excluding hydrogens is 252 g/mol. The molecule has 4 heteroatoms. The number of aromatic nitrogens is 2. The third kappa shape index (κ3) is 3.42. The second kappa shape index (κ2) is 5.84. The normalized spacial score (nSPS) is 11.8. The van der Waals surface area contributed by atoms with Crippen LogP contribution in [-0.2, 0) is 5.60 Å². The molecule has 104 valence electrons. The lowest BCUT2D eigenvalue weighted by Gasteiger charge is -2.18. The van der Waals surface area contributed by atoms with Crippen molar-refractivity contribution in [3.8, 4) is 5.75 Å². The van der Waals surface area contributed by atoms with Crippen LogP contribution < -0.4 is 4.74 Å². The van der Waals surface area contributed by atoms with E-state index in [-0.39, 0.29) is 0 Å². The van der Waals surface area contributed by atoms with Gasteiger partial charge in [-0.25, -0.2) is 0 Å². The van der Waals surface area contributed by atoms with Gasteiger partial charge < -0.3 is 9.84 Å². The van der Waals surface area contributed by atoms with Crippen LogP contribution in [0.25, 0.3) is 12.2 Å². The Kier molecular flexibility index (Phi) is 4.15. The largest absolute Gasteiger partial charge is 0.495 e. The Morgan fingerprint density at radius 2 is 1.80 bits per heavy atom. The number of nitrogens with zero attached hydrogens (tertiary/aromatic N) is 2. The number of aliphatic hydroxyl groups is 1. The first-order valence-electron chi connectivity index (χ1n) is 6.38. The fourth-order valence-electron chi connectivity index (χ4n) is 1.80. The summed E-state index contributed by atoms with van der Waals surface area (Å²) >= 11 is 0. The number of benzene rings is 1. The average molecular weight is 270 g/mol. The zero-order valence-corrected chi connectivity index (χ0v) is 11.9. The summed E-state index contributed by atoms with van der Waals surface area (Å²) in [6.45, 7) is 3.30. The molecule has 0 spiro atoms. The molecule has 4 nitrogen and oxygen atoms in total. The van der Waals surface area contributed by atoms with Crippen molar-refractivity contribution in [1.82, 2.24) is 10.2 Å². The average Bonchev–Trinajstić information content (AvgIpc) is 2.45. The van der Waals surface area contributed by atoms with E-state index >= 15 is 0 Å². The number of ether oxygens (including phenoxy) is 1. The van der Waals surface area contributed by atoms with Crippen molar-refractivity contribution in [2.75, 3.05) is 7.11 Å². The summed E-state index contributed by atoms with van der Waals surface area (Å²) in [5.41, 5.74) is 1.11. The Hall–Kier alpha value is -2.20. The molecule has 0 aliphatic rings. The van der Waals surface area contributed by atoms with Crippen molar-refractivity contribution in [3.63, 3.8) is 0 Å². The van der Waals surface area contributed by atoms with Crippen LogP contribution in [0.2, 0.25) is 0 Å². The predicted molar refractivity (Wildman–Crippen MR) is 79.2 cm³/mol. The summed E-state index contributed by atoms with van der Waals surface area (Å²) in [5, 5.41) is 18.1. The molecule has 1 N–H and O–H groups in total. The Balaban J connectivity index is 2.29. The summed E-state index contributed by atoms with van der Waals surface area (Å²) in [6, 6.07) is 11.7. The van der Waals surface area contributed by atoms with Crippen LogP contribution in [-0.4, -0.2) is 22.4 Å². The zero-order valence-electron chi connectivity index (χ0n) is 11.9. The quantitative estimate of drug-likeness (QED) is 0.928. The highest BCUT2D eigenvalue weighted by Gasteiger charge is 2.23. The van der Waals surface area contributed by atoms with Crippen molar-refractivity contribution in [3.05, 3.63) is 53.3 Å². The summed E-state index contributed by atoms with van der Waals surface area (Å²) in [7, 11) is 1.55. The number of hydrogen-bond acceptors (Lipinski definition) is 4. The molecule has 0 saturated carbocycles. The lowest BCUT2D eigenvalue weighted by Crippen LogP contribution is -2.19. The van der Waals surface area contributed by atoms with Crippen molar-refractivity contribution in [1.29, 1.82) is 0 Å². The highest BCUT2D eigenvalue weighted by molar-refractivity contribution is 5.68. The highest BCUT2D eigenvalue weighted by atomic mass is 16.5. The highest BCUT2D eigenvalue weighted by Crippen LogP contribution is 2.27. The van der Waals surface area contributed by atoms with Gasteiger partial charge >= 0.3 is 0 Å². The minimum Gasteiger partial charge on any atom is -0.495 e. The van der Waals surface area contributed by atoms with E-state index in [1.807, 2.05) is 42.5 Å². The van der Waals surface area contributed by atoms with Gasteiger partial charge in [-0.15, -0.1) is 5.10 Å². The molecule has 0 bridgehead atoms. The molecule has 0 atom stereocenters. The maximum absolute atomic E-state index is 10.00. The summed E-state index contributed by atoms with van der Waals surface area (Å²) in [4.78, 5) is 0. The SMILES string of the molecule is COc1cc(C=Cc2ccccc2)nnc1C(C)(C)O. The molecular formula is C16H18N2O2. The smallest absolute Gasteiger partial charge is 0.147 e. The first kappa shape index (κ1) is 14.2. The summed E-state index contributed by atoms with van der Waals surface area (Å²) in [5.74, 6) is 0.528. The molecule has 1 aromatic carbocycles. The van der Waals surface area contributed by atoms with Crippen LogP contribution in [0.5, 0.6) is 5.75 Å². The van der Waals surface area contributed by atoms with Crippen molar-refractivity contribution in [2.24, 2.45) is 0 Å². The standard InChI is InChI=1S/C16H18N2O2/c1-16(2,19)15-14(20-3)11-13(17-18-15)10-9-12-7-5-4-6-8-12/h4-11,19H,1-3H3. The van der Waals surface area contributed by atoms with Gasteiger partial charge in [-0.2, -0.15) is 5.10 Å². The Morgan fingerprint density at radius 1 is 1.10 bits per heavy atom. The molecule has 2 rings (SSSR count). The molecule has 0 aliphatic carbocycles. The van der Waals surface area contributed by atoms with Gasteiger partial charge in [-0.3, -0.25) is 0 Å². The van der Waals surface area contributed by atoms with E-state index < -0.39 is 5.60 Å². The minimum atomic E-state index is -1.08. The second-order valence-electron chi connectivity index (χ2n) is 4.99. The van der Waals surface area contributed by atoms with Gasteiger partial charge in [-0.1, -0.05) is 36.4 Å². The molecule has 20 heavy (non-hydrogen) atoms. The van der Waals surface area contributed by atoms with Crippen LogP contribution in [0.4, 0.5) is 0 Å². The first-order valence-corrected chi connectivity index (χ1v) is 6.38. The Bertz CT molecular complexity index is 602. The molecule has 0 saturated heterocycles. The maximum Gasteiger partial charge on any atom is 0.147 e. The fourth-order valence-corrected chi connectivity index (χ4v) is 1.80. The van der Waals surface area contributed by atoms with E-state index in [1.165, 1.54) is 0 Å². The van der Waals surface area contributed by atoms with Gasteiger partial charge in [0.15, 0.2) is 0 Å². The van der Waals surface area contributed by atoms with Crippen molar-refractivity contribution in [2.45, 2.75) is 19.4 Å². The Morgan fingerprint density at radius 3 is 2.40 bits per heavy atom. The second-order valence-corrected chi connectivity index (χ2v) is 4.99. The summed E-state index contributed by atoms with van der Waals surface area (Å²) < 4.78 is 5.27. The molecule has 0 aliphatic heterocycles. The number of rotatable bonds is 4. The van der Waals surface area contributed by atoms with Crippen molar-refractivity contribution < 1.29 is 9.84 Å². The molecule has 0 fully saturated rings. The maximum atomic E-state index is 10.00. The van der Waals surface area contributed by atoms with Crippen LogP contribution in [0.3, 0.4) is 0 Å². The van der Waals surface area contributed by atoms with Gasteiger partial charge in [0.1, 0.15) is 17.0 Å². The predicted octanol–water partition coefficient (Wildman–Crippen LogP) is 2.88. The minimum absolute atomic E-state index is 0.428. The van der Waals surface area contributed by atoms with Crippen LogP contribution in [0.1, 0.15) is 30.8 Å². The molecule has 1 heterocycles. The van der Waals surface area contributed by atoms with Gasteiger partial charge in [0.2, 0.25) is 0 Å². The topological polar surface area (TPSA) is 55.2 Å². The van der Waals surface area contributed by atoms with Crippen LogP contribution >= 0.6 is 0 Å². The van der Waals surface area contributed by atoms with Crippen molar-refractivity contribution >= 4 is 12.2 Å². The third-order valence-electron chi connectivity index (χ3n) is 2.82. The molecule has 2 aromatic rings. The Labute approximate surface area is 118 Å². The molecule has 1 aromatic heterocycles. The van der Waals surface area contributed by atoms with Gasteiger partial charge in [0, 0.05) is 6.07 Å². The van der Waals surface area contributed by atoms with E-state index in [1.54, 1.807) is 27.0 Å². The molecule has 0 amide bonds. The molecule has 0 unspecified atom stereocenters. The lowest BCUT2D eigenvalue weighted by molar-refractivity contribution is 0.0695. The van der Waals surface area contributed by atoms with E-state index in [0.717, 1.165) is 5.56 Å². The monoisotopic (exact) mass is 270 g/mol. The van der Waals surface area contributed by atoms with Gasteiger partial charge in [-0.05, 0) is 25.5 Å². The first-order chi connectivity index (χ1) is 9.50. The van der Waals surface area contributed by atoms with Crippen LogP contribution in [0, 0.1) is 0 Å². The van der Waals surface area contributed by atoms with E-state index in [4.69, 9.17) is 4.74 Å². The zero-order chi connectivity index (χ0) is 14.6. The summed E-state index contributed by atoms with van der Waals surface area (Å²) in [6.07, 6.45) is 3.81. The number of hydrogen-bond donors (Lipinski definition) is 1. The third-order valence-corrected chi connectivity index (χ3v) is 2.82. The fraction of sp³-hybridized carbons (Fsp3) is 0.250. The van der Waals surface area contributed by atoms with Crippen LogP contribution in [0.15, 0.2) is 36.4 Å². The van der Waals surface area contributed by atoms with Gasteiger partial charge in [0.05, 0.1) is 12.8 Å². The van der Waals surface area contributed by atoms with E-state index in [9.17, 15) is 5.11 Å². The lowest BCUT2D eigenvalue weighted by atomic mass is 10.0. The van der Waals surface area contributed by atoms with E-state index in [2.05, 4.69) is 10.2 Å². The van der Waals surface area contributed by atoms with Gasteiger partial charge in [0.25, 0.3) is 0 Å². The van der Waals surface area contributed by atoms with E-state index in [0.29, 0.717) is 17.1 Å². The molecule has 0 radical (unpaired) electrons. The number of methoxy groups -OCH3 is 1.